The number of carbonyl (C=O) groups excluding carboxylic acids is 1. The van der Waals surface area contributed by atoms with Crippen molar-refractivity contribution >= 4 is 11.7 Å². The van der Waals surface area contributed by atoms with Gasteiger partial charge < -0.3 is 14.6 Å². The summed E-state index contributed by atoms with van der Waals surface area (Å²) < 4.78 is 7.44. The number of amides is 2. The molecular formula is C20H21N5O2. The van der Waals surface area contributed by atoms with Crippen LogP contribution in [-0.4, -0.2) is 32.2 Å². The van der Waals surface area contributed by atoms with Crippen LogP contribution in [0.5, 0.6) is 0 Å². The van der Waals surface area contributed by atoms with Crippen LogP contribution in [0, 0.1) is 5.92 Å². The monoisotopic (exact) mass is 363 g/mol. The average Bonchev–Trinajstić information content (AvgIpc) is 3.35. The van der Waals surface area contributed by atoms with Gasteiger partial charge in [-0.15, -0.1) is 0 Å². The highest BCUT2D eigenvalue weighted by molar-refractivity contribution is 5.94. The molecule has 3 aromatic rings. The third-order valence-electron chi connectivity index (χ3n) is 5.95. The van der Waals surface area contributed by atoms with Gasteiger partial charge in [-0.1, -0.05) is 0 Å². The van der Waals surface area contributed by atoms with Crippen molar-refractivity contribution in [1.82, 2.24) is 19.7 Å². The van der Waals surface area contributed by atoms with E-state index in [0.29, 0.717) is 11.6 Å². The Balaban J connectivity index is 1.45. The number of aromatic nitrogens is 3. The Morgan fingerprint density at radius 1 is 1.30 bits per heavy atom. The number of furan rings is 1. The smallest absolute Gasteiger partial charge is 0.322 e. The van der Waals surface area contributed by atoms with E-state index in [0.717, 1.165) is 42.8 Å². The first-order valence-corrected chi connectivity index (χ1v) is 9.25. The highest BCUT2D eigenvalue weighted by atomic mass is 16.3. The van der Waals surface area contributed by atoms with Gasteiger partial charge in [0.1, 0.15) is 17.0 Å². The van der Waals surface area contributed by atoms with Crippen LogP contribution >= 0.6 is 0 Å². The van der Waals surface area contributed by atoms with Gasteiger partial charge in [0, 0.05) is 37.7 Å². The van der Waals surface area contributed by atoms with Gasteiger partial charge in [0.15, 0.2) is 0 Å². The molecule has 1 saturated carbocycles. The summed E-state index contributed by atoms with van der Waals surface area (Å²) in [5, 5.41) is 7.60. The van der Waals surface area contributed by atoms with Crippen molar-refractivity contribution < 1.29 is 9.21 Å². The highest BCUT2D eigenvalue weighted by Gasteiger charge is 2.59. The van der Waals surface area contributed by atoms with Gasteiger partial charge in [0.2, 0.25) is 0 Å². The first-order valence-electron chi connectivity index (χ1n) is 9.25. The van der Waals surface area contributed by atoms with Crippen LogP contribution in [0.2, 0.25) is 0 Å². The number of hydrogen-bond acceptors (Lipinski definition) is 4. The fraction of sp³-hybridized carbons (Fsp3) is 0.350. The van der Waals surface area contributed by atoms with Gasteiger partial charge in [-0.05, 0) is 49.4 Å². The summed E-state index contributed by atoms with van der Waals surface area (Å²) in [4.78, 5) is 19.2. The van der Waals surface area contributed by atoms with Gasteiger partial charge >= 0.3 is 6.03 Å². The molecule has 5 rings (SSSR count). The zero-order valence-corrected chi connectivity index (χ0v) is 15.1. The summed E-state index contributed by atoms with van der Waals surface area (Å²) >= 11 is 0. The lowest BCUT2D eigenvalue weighted by molar-refractivity contribution is 0.0236. The first-order chi connectivity index (χ1) is 13.2. The predicted molar refractivity (Wildman–Crippen MR) is 99.9 cm³/mol. The van der Waals surface area contributed by atoms with E-state index in [9.17, 15) is 4.79 Å². The van der Waals surface area contributed by atoms with Gasteiger partial charge in [0.05, 0.1) is 12.0 Å². The van der Waals surface area contributed by atoms with Crippen LogP contribution < -0.4 is 5.32 Å². The lowest BCUT2D eigenvalue weighted by atomic mass is 9.66. The number of aryl methyl sites for hydroxylation is 1. The molecule has 2 aliphatic rings. The zero-order valence-electron chi connectivity index (χ0n) is 15.1. The van der Waals surface area contributed by atoms with Crippen molar-refractivity contribution in [2.24, 2.45) is 13.0 Å². The van der Waals surface area contributed by atoms with Crippen molar-refractivity contribution in [2.75, 3.05) is 11.9 Å². The van der Waals surface area contributed by atoms with E-state index in [-0.39, 0.29) is 11.6 Å². The molecule has 0 aromatic carbocycles. The SMILES string of the molecule is Cn1cc(NC(=O)N2CC[C@@H]3CC[C@@]32c2ccco2)c(-c2ccncc2)n1. The van der Waals surface area contributed by atoms with Crippen molar-refractivity contribution in [3.8, 4) is 11.3 Å². The molecule has 7 nitrogen and oxygen atoms in total. The second-order valence-electron chi connectivity index (χ2n) is 7.31. The summed E-state index contributed by atoms with van der Waals surface area (Å²) in [6.45, 7) is 0.738. The van der Waals surface area contributed by atoms with Gasteiger partial charge in [-0.2, -0.15) is 5.10 Å². The molecule has 0 spiro atoms. The Labute approximate surface area is 157 Å². The molecule has 0 bridgehead atoms. The van der Waals surface area contributed by atoms with E-state index >= 15 is 0 Å². The number of hydrogen-bond donors (Lipinski definition) is 1. The fourth-order valence-corrected chi connectivity index (χ4v) is 4.60. The number of fused-ring (bicyclic) bond motifs is 1. The number of nitrogens with one attached hydrogen (secondary N) is 1. The minimum absolute atomic E-state index is 0.100. The van der Waals surface area contributed by atoms with E-state index in [1.165, 1.54) is 0 Å². The number of urea groups is 1. The molecule has 27 heavy (non-hydrogen) atoms. The lowest BCUT2D eigenvalue weighted by Crippen LogP contribution is -2.54. The molecule has 1 aliphatic heterocycles. The topological polar surface area (TPSA) is 76.2 Å². The average molecular weight is 363 g/mol. The normalized spacial score (nSPS) is 23.7. The fourth-order valence-electron chi connectivity index (χ4n) is 4.60. The van der Waals surface area contributed by atoms with Crippen LogP contribution in [0.3, 0.4) is 0 Å². The second kappa shape index (κ2) is 5.97. The molecule has 1 aliphatic carbocycles. The van der Waals surface area contributed by atoms with Crippen molar-refractivity contribution in [2.45, 2.75) is 24.8 Å². The Hall–Kier alpha value is -3.09. The molecule has 1 saturated heterocycles. The van der Waals surface area contributed by atoms with E-state index < -0.39 is 0 Å². The third-order valence-corrected chi connectivity index (χ3v) is 5.95. The Morgan fingerprint density at radius 3 is 2.85 bits per heavy atom. The Morgan fingerprint density at radius 2 is 2.15 bits per heavy atom. The molecular weight excluding hydrogens is 342 g/mol. The molecule has 4 heterocycles. The van der Waals surface area contributed by atoms with Gasteiger partial charge in [0.25, 0.3) is 0 Å². The highest BCUT2D eigenvalue weighted by Crippen LogP contribution is 2.57. The molecule has 2 fully saturated rings. The van der Waals surface area contributed by atoms with E-state index in [2.05, 4.69) is 15.4 Å². The quantitative estimate of drug-likeness (QED) is 0.771. The lowest BCUT2D eigenvalue weighted by Gasteiger charge is -2.48. The molecule has 2 atom stereocenters. The van der Waals surface area contributed by atoms with Crippen molar-refractivity contribution in [3.05, 3.63) is 54.9 Å². The minimum Gasteiger partial charge on any atom is -0.467 e. The number of anilines is 1. The second-order valence-corrected chi connectivity index (χ2v) is 7.31. The molecule has 138 valence electrons. The number of nitrogens with zero attached hydrogens (tertiary/aromatic N) is 4. The van der Waals surface area contributed by atoms with Crippen LogP contribution in [-0.2, 0) is 12.6 Å². The van der Waals surface area contributed by atoms with Crippen molar-refractivity contribution in [3.63, 3.8) is 0 Å². The van der Waals surface area contributed by atoms with E-state index in [4.69, 9.17) is 4.42 Å². The maximum absolute atomic E-state index is 13.2. The molecule has 3 aromatic heterocycles. The maximum Gasteiger partial charge on any atom is 0.322 e. The van der Waals surface area contributed by atoms with Crippen LogP contribution in [0.4, 0.5) is 10.5 Å². The Kier molecular flexibility index (Phi) is 3.56. The predicted octanol–water partition coefficient (Wildman–Crippen LogP) is 3.62. The largest absolute Gasteiger partial charge is 0.467 e. The summed E-state index contributed by atoms with van der Waals surface area (Å²) in [5.41, 5.74) is 2.06. The van der Waals surface area contributed by atoms with E-state index in [1.54, 1.807) is 23.3 Å². The number of rotatable bonds is 3. The third kappa shape index (κ3) is 2.38. The molecule has 0 radical (unpaired) electrons. The number of carbonyl (C=O) groups is 1. The van der Waals surface area contributed by atoms with Crippen molar-refractivity contribution in [1.29, 1.82) is 0 Å². The molecule has 1 N–H and O–H groups in total. The Bertz CT molecular complexity index is 966. The minimum atomic E-state index is -0.299. The van der Waals surface area contributed by atoms with Gasteiger partial charge in [-0.25, -0.2) is 4.79 Å². The van der Waals surface area contributed by atoms with Crippen LogP contribution in [0.25, 0.3) is 11.3 Å². The summed E-state index contributed by atoms with van der Waals surface area (Å²) in [6.07, 6.45) is 10.1. The summed E-state index contributed by atoms with van der Waals surface area (Å²) in [7, 11) is 1.85. The van der Waals surface area contributed by atoms with Crippen LogP contribution in [0.1, 0.15) is 25.0 Å². The van der Waals surface area contributed by atoms with E-state index in [1.807, 2.05) is 42.4 Å². The summed E-state index contributed by atoms with van der Waals surface area (Å²) in [5.74, 6) is 1.37. The molecule has 0 unspecified atom stereocenters. The summed E-state index contributed by atoms with van der Waals surface area (Å²) in [6, 6.07) is 7.57. The molecule has 2 amide bonds. The number of pyridine rings is 1. The van der Waals surface area contributed by atoms with Crippen LogP contribution in [0.15, 0.2) is 53.5 Å². The van der Waals surface area contributed by atoms with Gasteiger partial charge in [-0.3, -0.25) is 9.67 Å². The zero-order chi connectivity index (χ0) is 18.4. The maximum atomic E-state index is 13.2. The first kappa shape index (κ1) is 16.1. The number of likely N-dealkylation sites (tertiary alicyclic amines) is 1. The molecule has 7 heteroatoms. The standard InChI is InChI=1S/C20H21N5O2/c1-24-13-16(18(23-24)14-5-9-21-10-6-14)22-19(26)25-11-7-15-4-8-20(15,25)17-3-2-12-27-17/h2-3,5-6,9-10,12-13,15H,4,7-8,11H2,1H3,(H,22,26)/t15-,20-/m0/s1.